The number of rotatable bonds is 7. The van der Waals surface area contributed by atoms with Crippen molar-refractivity contribution >= 4 is 17.5 Å². The predicted octanol–water partition coefficient (Wildman–Crippen LogP) is 3.26. The van der Waals surface area contributed by atoms with E-state index in [4.69, 9.17) is 16.3 Å². The average molecular weight is 333 g/mol. The third kappa shape index (κ3) is 5.34. The molecule has 0 bridgehead atoms. The van der Waals surface area contributed by atoms with E-state index in [9.17, 15) is 4.79 Å². The Morgan fingerprint density at radius 2 is 1.96 bits per heavy atom. The molecule has 1 heterocycles. The van der Waals surface area contributed by atoms with Crippen LogP contribution in [-0.2, 0) is 22.5 Å². The first-order valence-electron chi connectivity index (χ1n) is 7.53. The Kier molecular flexibility index (Phi) is 6.56. The minimum absolute atomic E-state index is 0.0538. The van der Waals surface area contributed by atoms with Crippen LogP contribution in [0.25, 0.3) is 0 Å². The first-order valence-corrected chi connectivity index (χ1v) is 7.90. The van der Waals surface area contributed by atoms with Crippen molar-refractivity contribution in [1.82, 2.24) is 9.88 Å². The molecule has 1 aromatic heterocycles. The van der Waals surface area contributed by atoms with Crippen LogP contribution in [0.3, 0.4) is 0 Å². The fraction of sp³-hybridized carbons (Fsp3) is 0.333. The van der Waals surface area contributed by atoms with Gasteiger partial charge in [-0.3, -0.25) is 4.79 Å². The number of aryl methyl sites for hydroxylation is 1. The van der Waals surface area contributed by atoms with E-state index < -0.39 is 0 Å². The lowest BCUT2D eigenvalue weighted by atomic mass is 10.1. The smallest absolute Gasteiger partial charge is 0.227 e. The molecule has 0 aliphatic heterocycles. The number of halogens is 1. The van der Waals surface area contributed by atoms with Gasteiger partial charge in [0.1, 0.15) is 5.15 Å². The zero-order valence-corrected chi connectivity index (χ0v) is 14.2. The number of pyridine rings is 1. The molecular weight excluding hydrogens is 312 g/mol. The van der Waals surface area contributed by atoms with Gasteiger partial charge in [-0.05, 0) is 24.1 Å². The minimum Gasteiger partial charge on any atom is -0.383 e. The fourth-order valence-corrected chi connectivity index (χ4v) is 2.51. The monoisotopic (exact) mass is 332 g/mol. The molecule has 0 fully saturated rings. The highest BCUT2D eigenvalue weighted by Crippen LogP contribution is 2.13. The van der Waals surface area contributed by atoms with Crippen molar-refractivity contribution in [2.75, 3.05) is 20.3 Å². The number of aromatic nitrogens is 1. The lowest BCUT2D eigenvalue weighted by Gasteiger charge is -2.23. The number of methoxy groups -OCH3 is 1. The summed E-state index contributed by atoms with van der Waals surface area (Å²) in [6, 6.07) is 13.5. The molecule has 0 atom stereocenters. The van der Waals surface area contributed by atoms with Crippen molar-refractivity contribution in [2.45, 2.75) is 19.9 Å². The normalized spacial score (nSPS) is 10.6. The van der Waals surface area contributed by atoms with Gasteiger partial charge >= 0.3 is 0 Å². The van der Waals surface area contributed by atoms with Gasteiger partial charge in [0.2, 0.25) is 5.91 Å². The SMILES string of the molecule is COCCN(Cc1ccccc1)C(=O)Cc1ccc(Cl)nc1C. The molecule has 0 aliphatic carbocycles. The van der Waals surface area contributed by atoms with Gasteiger partial charge in [-0.1, -0.05) is 48.0 Å². The minimum atomic E-state index is 0.0538. The molecule has 1 amide bonds. The Morgan fingerprint density at radius 1 is 1.22 bits per heavy atom. The lowest BCUT2D eigenvalue weighted by molar-refractivity contribution is -0.131. The molecule has 0 radical (unpaired) electrons. The Bertz CT molecular complexity index is 647. The van der Waals surface area contributed by atoms with Gasteiger partial charge in [-0.25, -0.2) is 4.98 Å². The molecule has 0 spiro atoms. The van der Waals surface area contributed by atoms with Crippen molar-refractivity contribution < 1.29 is 9.53 Å². The number of hydrogen-bond acceptors (Lipinski definition) is 3. The van der Waals surface area contributed by atoms with E-state index in [0.717, 1.165) is 16.8 Å². The number of carbonyl (C=O) groups excluding carboxylic acids is 1. The van der Waals surface area contributed by atoms with Crippen LogP contribution in [0, 0.1) is 6.92 Å². The molecule has 122 valence electrons. The highest BCUT2D eigenvalue weighted by molar-refractivity contribution is 6.29. The quantitative estimate of drug-likeness (QED) is 0.731. The molecule has 23 heavy (non-hydrogen) atoms. The molecule has 0 aliphatic rings. The standard InChI is InChI=1S/C18H21ClN2O2/c1-14-16(8-9-17(19)20-14)12-18(22)21(10-11-23-2)13-15-6-4-3-5-7-15/h3-9H,10-13H2,1-2H3. The first kappa shape index (κ1) is 17.4. The van der Waals surface area contributed by atoms with Crippen LogP contribution in [0.2, 0.25) is 5.15 Å². The van der Waals surface area contributed by atoms with Gasteiger partial charge in [0, 0.05) is 25.9 Å². The van der Waals surface area contributed by atoms with Gasteiger partial charge in [0.15, 0.2) is 0 Å². The Morgan fingerprint density at radius 3 is 2.61 bits per heavy atom. The summed E-state index contributed by atoms with van der Waals surface area (Å²) in [5.41, 5.74) is 2.79. The van der Waals surface area contributed by atoms with Crippen LogP contribution < -0.4 is 0 Å². The summed E-state index contributed by atoms with van der Waals surface area (Å²) in [4.78, 5) is 18.7. The van der Waals surface area contributed by atoms with Gasteiger partial charge in [0.25, 0.3) is 0 Å². The van der Waals surface area contributed by atoms with Crippen LogP contribution in [0.5, 0.6) is 0 Å². The van der Waals surface area contributed by atoms with Crippen LogP contribution in [-0.4, -0.2) is 36.1 Å². The Balaban J connectivity index is 2.09. The molecular formula is C18H21ClN2O2. The summed E-state index contributed by atoms with van der Waals surface area (Å²) in [6.45, 7) is 3.51. The second kappa shape index (κ2) is 8.65. The summed E-state index contributed by atoms with van der Waals surface area (Å²) in [5.74, 6) is 0.0538. The summed E-state index contributed by atoms with van der Waals surface area (Å²) in [7, 11) is 1.64. The zero-order valence-electron chi connectivity index (χ0n) is 13.5. The van der Waals surface area contributed by atoms with Gasteiger partial charge in [0.05, 0.1) is 13.0 Å². The molecule has 0 saturated carbocycles. The van der Waals surface area contributed by atoms with Crippen molar-refractivity contribution in [3.63, 3.8) is 0 Å². The maximum Gasteiger partial charge on any atom is 0.227 e. The third-order valence-electron chi connectivity index (χ3n) is 3.64. The predicted molar refractivity (Wildman–Crippen MR) is 91.4 cm³/mol. The Labute approximate surface area is 142 Å². The number of hydrogen-bond donors (Lipinski definition) is 0. The van der Waals surface area contributed by atoms with Crippen LogP contribution in [0.1, 0.15) is 16.8 Å². The summed E-state index contributed by atoms with van der Waals surface area (Å²) in [5, 5.41) is 0.444. The van der Waals surface area contributed by atoms with E-state index in [-0.39, 0.29) is 5.91 Å². The zero-order chi connectivity index (χ0) is 16.7. The lowest BCUT2D eigenvalue weighted by Crippen LogP contribution is -2.34. The molecule has 0 N–H and O–H groups in total. The largest absolute Gasteiger partial charge is 0.383 e. The highest BCUT2D eigenvalue weighted by Gasteiger charge is 2.16. The second-order valence-electron chi connectivity index (χ2n) is 5.35. The molecule has 2 rings (SSSR count). The van der Waals surface area contributed by atoms with Crippen LogP contribution in [0.15, 0.2) is 42.5 Å². The maximum absolute atomic E-state index is 12.7. The second-order valence-corrected chi connectivity index (χ2v) is 5.74. The maximum atomic E-state index is 12.7. The topological polar surface area (TPSA) is 42.4 Å². The molecule has 0 saturated heterocycles. The van der Waals surface area contributed by atoms with Crippen molar-refractivity contribution in [2.24, 2.45) is 0 Å². The van der Waals surface area contributed by atoms with E-state index >= 15 is 0 Å². The van der Waals surface area contributed by atoms with Crippen molar-refractivity contribution in [3.05, 3.63) is 64.4 Å². The molecule has 1 aromatic carbocycles. The van der Waals surface area contributed by atoms with E-state index in [2.05, 4.69) is 4.98 Å². The Hall–Kier alpha value is -1.91. The summed E-state index contributed by atoms with van der Waals surface area (Å²) in [6.07, 6.45) is 0.312. The first-order chi connectivity index (χ1) is 11.1. The molecule has 0 unspecified atom stereocenters. The molecule has 4 nitrogen and oxygen atoms in total. The van der Waals surface area contributed by atoms with Crippen LogP contribution >= 0.6 is 11.6 Å². The number of carbonyl (C=O) groups is 1. The highest BCUT2D eigenvalue weighted by atomic mass is 35.5. The van der Waals surface area contributed by atoms with E-state index in [1.807, 2.05) is 48.2 Å². The van der Waals surface area contributed by atoms with Gasteiger partial charge in [-0.2, -0.15) is 0 Å². The van der Waals surface area contributed by atoms with E-state index in [0.29, 0.717) is 31.3 Å². The number of amides is 1. The summed E-state index contributed by atoms with van der Waals surface area (Å²) < 4.78 is 5.13. The number of nitrogens with zero attached hydrogens (tertiary/aromatic N) is 2. The average Bonchev–Trinajstić information content (AvgIpc) is 2.55. The van der Waals surface area contributed by atoms with E-state index in [1.54, 1.807) is 13.2 Å². The van der Waals surface area contributed by atoms with Crippen molar-refractivity contribution in [3.8, 4) is 0 Å². The fourth-order valence-electron chi connectivity index (χ4n) is 2.32. The van der Waals surface area contributed by atoms with Gasteiger partial charge in [-0.15, -0.1) is 0 Å². The van der Waals surface area contributed by atoms with Crippen LogP contribution in [0.4, 0.5) is 0 Å². The van der Waals surface area contributed by atoms with E-state index in [1.165, 1.54) is 0 Å². The number of benzene rings is 1. The van der Waals surface area contributed by atoms with Crippen molar-refractivity contribution in [1.29, 1.82) is 0 Å². The molecule has 2 aromatic rings. The van der Waals surface area contributed by atoms with Gasteiger partial charge < -0.3 is 9.64 Å². The molecule has 5 heteroatoms. The summed E-state index contributed by atoms with van der Waals surface area (Å²) >= 11 is 5.87. The number of ether oxygens (including phenoxy) is 1. The third-order valence-corrected chi connectivity index (χ3v) is 3.85.